The molecule has 26 heavy (non-hydrogen) atoms. The summed E-state index contributed by atoms with van der Waals surface area (Å²) in [5.41, 5.74) is 8.12. The van der Waals surface area contributed by atoms with Gasteiger partial charge in [0.05, 0.1) is 16.1 Å². The molecule has 2 aromatic heterocycles. The lowest BCUT2D eigenvalue weighted by molar-refractivity contribution is 0.152. The number of nitrogens with one attached hydrogen (secondary N) is 1. The summed E-state index contributed by atoms with van der Waals surface area (Å²) in [5, 5.41) is 3.39. The van der Waals surface area contributed by atoms with Crippen molar-refractivity contribution in [2.45, 2.75) is 37.8 Å². The number of hydrogen-bond acceptors (Lipinski definition) is 7. The van der Waals surface area contributed by atoms with E-state index < -0.39 is 0 Å². The highest BCUT2D eigenvalue weighted by Gasteiger charge is 2.23. The van der Waals surface area contributed by atoms with E-state index in [0.29, 0.717) is 23.4 Å². The molecule has 0 unspecified atom stereocenters. The van der Waals surface area contributed by atoms with Crippen LogP contribution in [-0.4, -0.2) is 32.1 Å². The van der Waals surface area contributed by atoms with Gasteiger partial charge in [-0.1, -0.05) is 0 Å². The predicted octanol–water partition coefficient (Wildman–Crippen LogP) is 3.57. The van der Waals surface area contributed by atoms with Crippen LogP contribution in [-0.2, 0) is 0 Å². The Labute approximate surface area is 159 Å². The summed E-state index contributed by atoms with van der Waals surface area (Å²) in [5.74, 6) is 1.37. The van der Waals surface area contributed by atoms with Crippen LogP contribution in [0.15, 0.2) is 41.4 Å². The van der Waals surface area contributed by atoms with Gasteiger partial charge in [0.2, 0.25) is 5.95 Å². The molecule has 0 bridgehead atoms. The lowest BCUT2D eigenvalue weighted by Gasteiger charge is -2.29. The van der Waals surface area contributed by atoms with Crippen molar-refractivity contribution >= 4 is 38.6 Å². The molecular weight excluding hydrogens is 396 g/mol. The van der Waals surface area contributed by atoms with E-state index in [4.69, 9.17) is 10.5 Å². The number of nitrogen functional groups attached to an aromatic ring is 1. The quantitative estimate of drug-likeness (QED) is 0.629. The Morgan fingerprint density at radius 3 is 2.50 bits per heavy atom. The highest BCUT2D eigenvalue weighted by atomic mass is 79.9. The maximum atomic E-state index is 6.22. The van der Waals surface area contributed by atoms with Crippen LogP contribution in [0.4, 0.5) is 11.6 Å². The predicted molar refractivity (Wildman–Crippen MR) is 104 cm³/mol. The summed E-state index contributed by atoms with van der Waals surface area (Å²) in [6, 6.07) is 4.00. The number of benzene rings is 1. The van der Waals surface area contributed by atoms with Gasteiger partial charge in [0.25, 0.3) is 0 Å². The second-order valence-electron chi connectivity index (χ2n) is 6.40. The zero-order valence-electron chi connectivity index (χ0n) is 14.1. The van der Waals surface area contributed by atoms with Crippen molar-refractivity contribution in [3.05, 3.63) is 41.4 Å². The summed E-state index contributed by atoms with van der Waals surface area (Å²) in [6.45, 7) is 0. The van der Waals surface area contributed by atoms with Crippen LogP contribution >= 0.6 is 15.9 Å². The third-order valence-corrected chi connectivity index (χ3v) is 4.89. The minimum Gasteiger partial charge on any atom is -0.488 e. The van der Waals surface area contributed by atoms with E-state index in [-0.39, 0.29) is 6.10 Å². The number of aromatic nitrogens is 4. The van der Waals surface area contributed by atoms with Crippen molar-refractivity contribution in [1.82, 2.24) is 19.9 Å². The zero-order valence-corrected chi connectivity index (χ0v) is 15.7. The highest BCUT2D eigenvalue weighted by molar-refractivity contribution is 9.10. The van der Waals surface area contributed by atoms with Gasteiger partial charge in [-0.05, 0) is 47.7 Å². The number of nitrogens with two attached hydrogens (primary N) is 1. The smallest absolute Gasteiger partial charge is 0.222 e. The molecule has 3 N–H and O–H groups in total. The summed E-state index contributed by atoms with van der Waals surface area (Å²) >= 11 is 3.34. The number of ether oxygens (including phenoxy) is 1. The first-order chi connectivity index (χ1) is 12.7. The molecule has 1 fully saturated rings. The van der Waals surface area contributed by atoms with Gasteiger partial charge in [0.1, 0.15) is 11.3 Å². The Balaban J connectivity index is 1.39. The van der Waals surface area contributed by atoms with Crippen molar-refractivity contribution in [1.29, 1.82) is 0 Å². The van der Waals surface area contributed by atoms with Gasteiger partial charge in [0.15, 0.2) is 0 Å². The van der Waals surface area contributed by atoms with Crippen LogP contribution in [0.2, 0.25) is 0 Å². The number of hydrogen-bond donors (Lipinski definition) is 2. The Hall–Kier alpha value is -2.48. The molecule has 0 spiro atoms. The summed E-state index contributed by atoms with van der Waals surface area (Å²) in [7, 11) is 0. The molecule has 7 nitrogen and oxygen atoms in total. The molecule has 8 heteroatoms. The van der Waals surface area contributed by atoms with E-state index in [2.05, 4.69) is 41.2 Å². The van der Waals surface area contributed by atoms with Crippen molar-refractivity contribution in [2.24, 2.45) is 0 Å². The SMILES string of the molecule is Nc1cc(OC2CCC(Nc3ncc(Br)cn3)CC2)c2nccnc2c1. The molecule has 1 aliphatic carbocycles. The largest absolute Gasteiger partial charge is 0.488 e. The van der Waals surface area contributed by atoms with Crippen LogP contribution in [0.5, 0.6) is 5.75 Å². The fourth-order valence-electron chi connectivity index (χ4n) is 3.23. The maximum Gasteiger partial charge on any atom is 0.222 e. The van der Waals surface area contributed by atoms with Gasteiger partial charge in [-0.2, -0.15) is 0 Å². The average molecular weight is 415 g/mol. The molecule has 0 saturated heterocycles. The van der Waals surface area contributed by atoms with Gasteiger partial charge in [-0.15, -0.1) is 0 Å². The van der Waals surface area contributed by atoms with E-state index >= 15 is 0 Å². The summed E-state index contributed by atoms with van der Waals surface area (Å²) in [6.07, 6.45) is 10.9. The number of anilines is 2. The Morgan fingerprint density at radius 2 is 1.73 bits per heavy atom. The standard InChI is InChI=1S/C18H19BrN6O/c19-11-9-23-18(24-10-11)25-13-1-3-14(4-2-13)26-16-8-12(20)7-15-17(16)22-6-5-21-15/h5-10,13-14H,1-4,20H2,(H,23,24,25). The lowest BCUT2D eigenvalue weighted by Crippen LogP contribution is -2.31. The van der Waals surface area contributed by atoms with Crippen LogP contribution in [0.25, 0.3) is 11.0 Å². The van der Waals surface area contributed by atoms with Crippen LogP contribution < -0.4 is 15.8 Å². The number of nitrogens with zero attached hydrogens (tertiary/aromatic N) is 4. The van der Waals surface area contributed by atoms with E-state index in [1.54, 1.807) is 24.8 Å². The number of rotatable bonds is 4. The van der Waals surface area contributed by atoms with Crippen LogP contribution in [0, 0.1) is 0 Å². The second-order valence-corrected chi connectivity index (χ2v) is 7.32. The molecule has 1 aromatic carbocycles. The minimum atomic E-state index is 0.144. The molecule has 0 atom stereocenters. The van der Waals surface area contributed by atoms with E-state index in [1.807, 2.05) is 12.1 Å². The first kappa shape index (κ1) is 17.0. The maximum absolute atomic E-state index is 6.22. The van der Waals surface area contributed by atoms with Crippen LogP contribution in [0.1, 0.15) is 25.7 Å². The van der Waals surface area contributed by atoms with Gasteiger partial charge >= 0.3 is 0 Å². The topological polar surface area (TPSA) is 98.8 Å². The van der Waals surface area contributed by atoms with Gasteiger partial charge in [0, 0.05) is 42.6 Å². The second kappa shape index (κ2) is 7.41. The molecular formula is C18H19BrN6O. The van der Waals surface area contributed by atoms with Crippen molar-refractivity contribution in [3.63, 3.8) is 0 Å². The molecule has 0 aliphatic heterocycles. The third-order valence-electron chi connectivity index (χ3n) is 4.48. The first-order valence-corrected chi connectivity index (χ1v) is 9.37. The third kappa shape index (κ3) is 3.85. The fourth-order valence-corrected chi connectivity index (χ4v) is 3.43. The average Bonchev–Trinajstić information content (AvgIpc) is 2.65. The van der Waals surface area contributed by atoms with Gasteiger partial charge in [-0.3, -0.25) is 4.98 Å². The summed E-state index contributed by atoms with van der Waals surface area (Å²) in [4.78, 5) is 17.2. The molecule has 2 heterocycles. The zero-order chi connectivity index (χ0) is 17.9. The monoisotopic (exact) mass is 414 g/mol. The van der Waals surface area contributed by atoms with E-state index in [0.717, 1.165) is 41.2 Å². The number of halogens is 1. The molecule has 134 valence electrons. The van der Waals surface area contributed by atoms with E-state index in [1.165, 1.54) is 0 Å². The Morgan fingerprint density at radius 1 is 1.00 bits per heavy atom. The Kier molecular flexibility index (Phi) is 4.83. The fraction of sp³-hybridized carbons (Fsp3) is 0.333. The van der Waals surface area contributed by atoms with Crippen molar-refractivity contribution in [2.75, 3.05) is 11.1 Å². The molecule has 1 aliphatic rings. The van der Waals surface area contributed by atoms with Gasteiger partial charge in [-0.25, -0.2) is 15.0 Å². The van der Waals surface area contributed by atoms with Gasteiger partial charge < -0.3 is 15.8 Å². The van der Waals surface area contributed by atoms with Crippen molar-refractivity contribution < 1.29 is 4.74 Å². The molecule has 0 amide bonds. The lowest BCUT2D eigenvalue weighted by atomic mass is 9.93. The van der Waals surface area contributed by atoms with Crippen molar-refractivity contribution in [3.8, 4) is 5.75 Å². The van der Waals surface area contributed by atoms with E-state index in [9.17, 15) is 0 Å². The number of fused-ring (bicyclic) bond motifs is 1. The molecule has 0 radical (unpaired) electrons. The normalized spacial score (nSPS) is 20.0. The first-order valence-electron chi connectivity index (χ1n) is 8.58. The highest BCUT2D eigenvalue weighted by Crippen LogP contribution is 2.30. The molecule has 1 saturated carbocycles. The summed E-state index contributed by atoms with van der Waals surface area (Å²) < 4.78 is 7.09. The Bertz CT molecular complexity index is 896. The molecule has 3 aromatic rings. The van der Waals surface area contributed by atoms with Crippen LogP contribution in [0.3, 0.4) is 0 Å². The minimum absolute atomic E-state index is 0.144. The molecule has 4 rings (SSSR count).